The van der Waals surface area contributed by atoms with E-state index in [2.05, 4.69) is 10.0 Å². The summed E-state index contributed by atoms with van der Waals surface area (Å²) in [5.41, 5.74) is 0.254. The number of nitrogens with zero attached hydrogens (tertiary/aromatic N) is 1. The number of rotatable bonds is 7. The molecule has 0 spiro atoms. The van der Waals surface area contributed by atoms with Crippen molar-refractivity contribution in [3.05, 3.63) is 39.9 Å². The zero-order chi connectivity index (χ0) is 13.6. The van der Waals surface area contributed by atoms with E-state index in [1.54, 1.807) is 13.1 Å². The predicted octanol–water partition coefficient (Wildman–Crippen LogP) is 0.234. The Hall–Kier alpha value is -1.51. The third-order valence-electron chi connectivity index (χ3n) is 2.29. The molecule has 0 heterocycles. The molecule has 0 aliphatic heterocycles. The van der Waals surface area contributed by atoms with E-state index in [1.165, 1.54) is 18.2 Å². The highest BCUT2D eigenvalue weighted by molar-refractivity contribution is 7.89. The normalized spacial score (nSPS) is 11.4. The third-order valence-corrected chi connectivity index (χ3v) is 3.62. The molecule has 0 atom stereocenters. The molecule has 0 saturated carbocycles. The van der Waals surface area contributed by atoms with Crippen molar-refractivity contribution in [2.75, 3.05) is 19.3 Å². The second kappa shape index (κ2) is 6.43. The average Bonchev–Trinajstić information content (AvgIpc) is 2.34. The fourth-order valence-corrected chi connectivity index (χ4v) is 2.33. The Balaban J connectivity index is 2.72. The lowest BCUT2D eigenvalue weighted by atomic mass is 10.2. The van der Waals surface area contributed by atoms with Crippen LogP contribution in [0.4, 0.5) is 5.69 Å². The third kappa shape index (κ3) is 4.40. The zero-order valence-corrected chi connectivity index (χ0v) is 10.7. The Kier molecular flexibility index (Phi) is 5.20. The van der Waals surface area contributed by atoms with Crippen LogP contribution in [-0.4, -0.2) is 32.7 Å². The van der Waals surface area contributed by atoms with E-state index in [9.17, 15) is 18.5 Å². The summed E-state index contributed by atoms with van der Waals surface area (Å²) >= 11 is 0. The highest BCUT2D eigenvalue weighted by atomic mass is 32.2. The number of nitro benzene ring substituents is 1. The summed E-state index contributed by atoms with van der Waals surface area (Å²) < 4.78 is 25.4. The number of hydrogen-bond donors (Lipinski definition) is 2. The minimum atomic E-state index is -3.42. The van der Waals surface area contributed by atoms with Gasteiger partial charge in [0.25, 0.3) is 5.69 Å². The molecule has 0 aliphatic rings. The first-order valence-corrected chi connectivity index (χ1v) is 6.96. The molecule has 1 aromatic rings. The molecule has 1 aromatic carbocycles. The number of benzene rings is 1. The summed E-state index contributed by atoms with van der Waals surface area (Å²) in [7, 11) is -1.77. The van der Waals surface area contributed by atoms with Crippen molar-refractivity contribution in [2.24, 2.45) is 0 Å². The van der Waals surface area contributed by atoms with Gasteiger partial charge in [0, 0.05) is 24.7 Å². The van der Waals surface area contributed by atoms with Gasteiger partial charge in [0.2, 0.25) is 10.0 Å². The van der Waals surface area contributed by atoms with Gasteiger partial charge in [-0.15, -0.1) is 0 Å². The van der Waals surface area contributed by atoms with Crippen LogP contribution >= 0.6 is 0 Å². The molecular formula is C10H15N3O4S. The van der Waals surface area contributed by atoms with Crippen molar-refractivity contribution >= 4 is 15.7 Å². The van der Waals surface area contributed by atoms with Crippen molar-refractivity contribution < 1.29 is 13.3 Å². The SMILES string of the molecule is CNCCS(=O)(=O)NCc1ccccc1[N+](=O)[O-]. The highest BCUT2D eigenvalue weighted by Crippen LogP contribution is 2.17. The standard InChI is InChI=1S/C10H15N3O4S/c1-11-6-7-18(16,17)12-8-9-4-2-3-5-10(9)13(14)15/h2-5,11-12H,6-8H2,1H3. The van der Waals surface area contributed by atoms with Crippen LogP contribution in [0.5, 0.6) is 0 Å². The van der Waals surface area contributed by atoms with E-state index in [0.29, 0.717) is 12.1 Å². The fourth-order valence-electron chi connectivity index (χ4n) is 1.33. The Labute approximate surface area is 105 Å². The number of nitro groups is 1. The summed E-state index contributed by atoms with van der Waals surface area (Å²) in [6, 6.07) is 6.04. The number of sulfonamides is 1. The summed E-state index contributed by atoms with van der Waals surface area (Å²) in [5, 5.41) is 13.5. The van der Waals surface area contributed by atoms with Crippen molar-refractivity contribution in [3.8, 4) is 0 Å². The molecule has 0 fully saturated rings. The second-order valence-corrected chi connectivity index (χ2v) is 5.56. The van der Waals surface area contributed by atoms with Crippen LogP contribution in [0.25, 0.3) is 0 Å². The van der Waals surface area contributed by atoms with Crippen LogP contribution in [0.15, 0.2) is 24.3 Å². The molecule has 0 saturated heterocycles. The molecule has 1 rings (SSSR count). The summed E-state index contributed by atoms with van der Waals surface area (Å²) in [5.74, 6) is -0.0653. The predicted molar refractivity (Wildman–Crippen MR) is 67.6 cm³/mol. The quantitative estimate of drug-likeness (QED) is 0.547. The lowest BCUT2D eigenvalue weighted by molar-refractivity contribution is -0.385. The lowest BCUT2D eigenvalue weighted by Gasteiger charge is -2.06. The minimum absolute atomic E-state index is 0.0653. The van der Waals surface area contributed by atoms with Gasteiger partial charge in [-0.05, 0) is 7.05 Å². The van der Waals surface area contributed by atoms with Crippen LogP contribution in [0, 0.1) is 10.1 Å². The van der Waals surface area contributed by atoms with Crippen molar-refractivity contribution in [3.63, 3.8) is 0 Å². The number of para-hydroxylation sites is 1. The fraction of sp³-hybridized carbons (Fsp3) is 0.400. The van der Waals surface area contributed by atoms with Gasteiger partial charge in [0.1, 0.15) is 0 Å². The maximum absolute atomic E-state index is 11.5. The maximum Gasteiger partial charge on any atom is 0.273 e. The Morgan fingerprint density at radius 1 is 1.33 bits per heavy atom. The van der Waals surface area contributed by atoms with E-state index in [0.717, 1.165) is 0 Å². The van der Waals surface area contributed by atoms with Gasteiger partial charge in [-0.2, -0.15) is 0 Å². The molecule has 8 heteroatoms. The first kappa shape index (κ1) is 14.6. The molecule has 7 nitrogen and oxygen atoms in total. The maximum atomic E-state index is 11.5. The van der Waals surface area contributed by atoms with Crippen LogP contribution in [-0.2, 0) is 16.6 Å². The van der Waals surface area contributed by atoms with E-state index in [4.69, 9.17) is 0 Å². The van der Waals surface area contributed by atoms with E-state index in [1.807, 2.05) is 0 Å². The van der Waals surface area contributed by atoms with Gasteiger partial charge in [0.05, 0.1) is 10.7 Å². The summed E-state index contributed by atoms with van der Waals surface area (Å²) in [4.78, 5) is 10.2. The van der Waals surface area contributed by atoms with E-state index in [-0.39, 0.29) is 18.0 Å². The molecule has 0 amide bonds. The molecule has 0 aliphatic carbocycles. The molecule has 18 heavy (non-hydrogen) atoms. The highest BCUT2D eigenvalue weighted by Gasteiger charge is 2.15. The first-order chi connectivity index (χ1) is 8.46. The lowest BCUT2D eigenvalue weighted by Crippen LogP contribution is -2.30. The van der Waals surface area contributed by atoms with Crippen molar-refractivity contribution in [1.29, 1.82) is 0 Å². The van der Waals surface area contributed by atoms with Gasteiger partial charge in [-0.25, -0.2) is 13.1 Å². The topological polar surface area (TPSA) is 101 Å². The van der Waals surface area contributed by atoms with Crippen LogP contribution < -0.4 is 10.0 Å². The average molecular weight is 273 g/mol. The van der Waals surface area contributed by atoms with E-state index >= 15 is 0 Å². The Morgan fingerprint density at radius 3 is 2.61 bits per heavy atom. The summed E-state index contributed by atoms with van der Waals surface area (Å²) in [6.45, 7) is 0.245. The first-order valence-electron chi connectivity index (χ1n) is 5.30. The number of hydrogen-bond acceptors (Lipinski definition) is 5. The molecule has 0 aromatic heterocycles. The molecule has 0 unspecified atom stereocenters. The van der Waals surface area contributed by atoms with Crippen molar-refractivity contribution in [1.82, 2.24) is 10.0 Å². The van der Waals surface area contributed by atoms with Gasteiger partial charge < -0.3 is 5.32 Å². The van der Waals surface area contributed by atoms with Crippen LogP contribution in [0.3, 0.4) is 0 Å². The summed E-state index contributed by atoms with van der Waals surface area (Å²) in [6.07, 6.45) is 0. The monoisotopic (exact) mass is 273 g/mol. The van der Waals surface area contributed by atoms with Gasteiger partial charge in [0.15, 0.2) is 0 Å². The van der Waals surface area contributed by atoms with Crippen LogP contribution in [0.1, 0.15) is 5.56 Å². The van der Waals surface area contributed by atoms with E-state index < -0.39 is 14.9 Å². The van der Waals surface area contributed by atoms with Gasteiger partial charge in [-0.3, -0.25) is 10.1 Å². The van der Waals surface area contributed by atoms with Crippen molar-refractivity contribution in [2.45, 2.75) is 6.54 Å². The Bertz CT molecular complexity index is 516. The van der Waals surface area contributed by atoms with Crippen LogP contribution in [0.2, 0.25) is 0 Å². The van der Waals surface area contributed by atoms with Gasteiger partial charge >= 0.3 is 0 Å². The molecule has 2 N–H and O–H groups in total. The van der Waals surface area contributed by atoms with Gasteiger partial charge in [-0.1, -0.05) is 18.2 Å². The molecular weight excluding hydrogens is 258 g/mol. The smallest absolute Gasteiger partial charge is 0.273 e. The Morgan fingerprint density at radius 2 is 2.00 bits per heavy atom. The zero-order valence-electron chi connectivity index (χ0n) is 9.92. The molecule has 0 radical (unpaired) electrons. The molecule has 0 bridgehead atoms. The number of nitrogens with one attached hydrogen (secondary N) is 2. The largest absolute Gasteiger partial charge is 0.319 e. The second-order valence-electron chi connectivity index (χ2n) is 3.63. The molecule has 100 valence electrons. The minimum Gasteiger partial charge on any atom is -0.319 e.